The molecule has 0 atom stereocenters. The molecule has 0 saturated heterocycles. The quantitative estimate of drug-likeness (QED) is 0.0736. The molecule has 0 unspecified atom stereocenters. The van der Waals surface area contributed by atoms with E-state index in [1.54, 1.807) is 6.20 Å². The molecular weight excluding hydrogens is 833 g/mol. The zero-order valence-corrected chi connectivity index (χ0v) is 39.7. The molecule has 68 heavy (non-hydrogen) atoms. The van der Waals surface area contributed by atoms with Gasteiger partial charge in [0.1, 0.15) is 6.67 Å². The molecule has 8 nitrogen and oxygen atoms in total. The molecule has 7 aromatic rings. The Balaban J connectivity index is 0.000000561. The minimum atomic E-state index is 0.394. The Morgan fingerprint density at radius 2 is 1.44 bits per heavy atom. The van der Waals surface area contributed by atoms with Gasteiger partial charge in [0.05, 0.1) is 22.4 Å². The van der Waals surface area contributed by atoms with E-state index in [0.717, 1.165) is 62.9 Å². The summed E-state index contributed by atoms with van der Waals surface area (Å²) in [4.78, 5) is 28.2. The Morgan fingerprint density at radius 1 is 0.735 bits per heavy atom. The lowest BCUT2D eigenvalue weighted by atomic mass is 9.89. The third-order valence-electron chi connectivity index (χ3n) is 11.2. The zero-order chi connectivity index (χ0) is 47.7. The van der Waals surface area contributed by atoms with Crippen LogP contribution in [0.1, 0.15) is 81.4 Å². The number of aromatic nitrogens is 5. The lowest BCUT2D eigenvalue weighted by Gasteiger charge is -2.16. The Labute approximate surface area is 401 Å². The summed E-state index contributed by atoms with van der Waals surface area (Å²) in [5.41, 5.74) is 11.8. The lowest BCUT2D eigenvalue weighted by molar-refractivity contribution is 0.757. The lowest BCUT2D eigenvalue weighted by Crippen LogP contribution is -2.09. The number of hydrogen-bond acceptors (Lipinski definition) is 5. The molecule has 338 valence electrons. The van der Waals surface area contributed by atoms with E-state index in [-0.39, 0.29) is 0 Å². The predicted molar refractivity (Wildman–Crippen MR) is 292 cm³/mol. The number of hydrogen-bond donors (Lipinski definition) is 0. The molecule has 0 aliphatic heterocycles. The van der Waals surface area contributed by atoms with Crippen molar-refractivity contribution in [3.05, 3.63) is 222 Å². The minimum absolute atomic E-state index is 0.394. The summed E-state index contributed by atoms with van der Waals surface area (Å²) in [5, 5.41) is 2.30. The molecule has 0 spiro atoms. The molecule has 0 N–H and O–H groups in total. The zero-order valence-electron chi connectivity index (χ0n) is 39.7. The van der Waals surface area contributed by atoms with E-state index in [0.29, 0.717) is 30.1 Å². The molecule has 3 aromatic heterocycles. The molecule has 2 aliphatic rings. The fraction of sp³-hybridized carbons (Fsp3) is 0.133. The Morgan fingerprint density at radius 3 is 2.16 bits per heavy atom. The smallest absolute Gasteiger partial charge is 0.238 e. The molecule has 2 bridgehead atoms. The van der Waals surface area contributed by atoms with Crippen molar-refractivity contribution in [2.75, 3.05) is 0 Å². The van der Waals surface area contributed by atoms with Gasteiger partial charge in [-0.3, -0.25) is 9.56 Å². The van der Waals surface area contributed by atoms with Crippen LogP contribution >= 0.6 is 0 Å². The SMILES string of the molecule is C=N/C(=N\Cn1c2c(c3ccccc31)/C1=C/c3c(n(-c4nc(C(/C=C\CC)=C/C)nc(-c5ccccc5)n4)c4ccccc34)\C=C/C(=C/C=C\2)C1)c1ccccc1.C=N\C=C/C=C\C=C\C.CC. The first-order valence-corrected chi connectivity index (χ1v) is 23.2. The summed E-state index contributed by atoms with van der Waals surface area (Å²) in [6.45, 7) is 17.7. The number of fused-ring (bicyclic) bond motifs is 9. The second-order valence-electron chi connectivity index (χ2n) is 15.4. The van der Waals surface area contributed by atoms with Crippen molar-refractivity contribution < 1.29 is 0 Å². The number of benzene rings is 4. The first-order chi connectivity index (χ1) is 33.6. The van der Waals surface area contributed by atoms with E-state index in [4.69, 9.17) is 19.9 Å². The van der Waals surface area contributed by atoms with Crippen molar-refractivity contribution in [3.63, 3.8) is 0 Å². The van der Waals surface area contributed by atoms with Crippen LogP contribution in [0, 0.1) is 0 Å². The Bertz CT molecular complexity index is 3210. The molecule has 0 saturated carbocycles. The van der Waals surface area contributed by atoms with Crippen LogP contribution < -0.4 is 0 Å². The molecule has 8 heteroatoms. The van der Waals surface area contributed by atoms with Gasteiger partial charge in [0.25, 0.3) is 0 Å². The summed E-state index contributed by atoms with van der Waals surface area (Å²) in [5.74, 6) is 2.44. The van der Waals surface area contributed by atoms with Gasteiger partial charge in [0.2, 0.25) is 5.95 Å². The Kier molecular flexibility index (Phi) is 16.6. The van der Waals surface area contributed by atoms with E-state index in [2.05, 4.69) is 143 Å². The van der Waals surface area contributed by atoms with Crippen molar-refractivity contribution in [2.45, 2.75) is 54.1 Å². The van der Waals surface area contributed by atoms with E-state index < -0.39 is 0 Å². The molecule has 0 radical (unpaired) electrons. The molecule has 9 rings (SSSR count). The van der Waals surface area contributed by atoms with E-state index in [1.165, 1.54) is 22.1 Å². The molecule has 4 aromatic carbocycles. The molecule has 0 amide bonds. The molecular formula is C60H58N8. The van der Waals surface area contributed by atoms with E-state index in [9.17, 15) is 0 Å². The maximum absolute atomic E-state index is 5.20. The van der Waals surface area contributed by atoms with Crippen molar-refractivity contribution in [3.8, 4) is 17.3 Å². The highest BCUT2D eigenvalue weighted by Gasteiger charge is 2.25. The van der Waals surface area contributed by atoms with Gasteiger partial charge in [-0.1, -0.05) is 179 Å². The normalized spacial score (nSPS) is 16.0. The van der Waals surface area contributed by atoms with Crippen LogP contribution in [0.2, 0.25) is 0 Å². The summed E-state index contributed by atoms with van der Waals surface area (Å²) < 4.78 is 4.48. The highest BCUT2D eigenvalue weighted by Crippen LogP contribution is 2.42. The van der Waals surface area contributed by atoms with Crippen molar-refractivity contribution >= 4 is 70.5 Å². The number of amidine groups is 1. The van der Waals surface area contributed by atoms with Gasteiger partial charge in [-0.2, -0.15) is 9.97 Å². The van der Waals surface area contributed by atoms with Gasteiger partial charge in [0.15, 0.2) is 17.5 Å². The average Bonchev–Trinajstić information content (AvgIpc) is 3.85. The monoisotopic (exact) mass is 890 g/mol. The summed E-state index contributed by atoms with van der Waals surface area (Å²) in [6.07, 6.45) is 32.6. The van der Waals surface area contributed by atoms with Crippen LogP contribution in [-0.2, 0) is 6.67 Å². The fourth-order valence-corrected chi connectivity index (χ4v) is 8.19. The highest BCUT2D eigenvalue weighted by molar-refractivity contribution is 6.07. The standard InChI is InChI=1S/C50H41N7.C8H11N.C2H6/c1-4-6-19-35(5-2)48-53-49(37-22-11-8-12-23-37)55-50(54-48)57-43-27-16-13-24-39(43)41-32-38-31-34(29-30-44(41)57)18-17-28-45-46(38)40-25-14-15-26-42(40)56(45)33-52-47(51-3)36-20-9-7-10-21-36;1-3-4-5-6-7-8-9-2;1-2/h5-30,32H,3-4,31,33H2,1-2H3;3-8H,2H2,1H3;1-2H3/b18-17?,19-6-,28-17-,30-29-,34-18-,34-29?,35-5+,38-32+,41-32?,44-30?,45-28?,46-38?,52-47-;4-3+,6-5-,8-7-;. The molecule has 0 fully saturated rings. The largest absolute Gasteiger partial charge is 0.320 e. The first-order valence-electron chi connectivity index (χ1n) is 23.2. The second-order valence-corrected chi connectivity index (χ2v) is 15.4. The minimum Gasteiger partial charge on any atom is -0.320 e. The molecule has 3 heterocycles. The third-order valence-corrected chi connectivity index (χ3v) is 11.2. The van der Waals surface area contributed by atoms with Gasteiger partial charge >= 0.3 is 0 Å². The van der Waals surface area contributed by atoms with E-state index in [1.807, 2.05) is 119 Å². The number of para-hydroxylation sites is 2. The van der Waals surface area contributed by atoms with Crippen LogP contribution in [0.3, 0.4) is 0 Å². The van der Waals surface area contributed by atoms with Crippen molar-refractivity contribution in [1.82, 2.24) is 24.1 Å². The van der Waals surface area contributed by atoms with E-state index >= 15 is 0 Å². The van der Waals surface area contributed by atoms with Gasteiger partial charge in [-0.25, -0.2) is 15.0 Å². The summed E-state index contributed by atoms with van der Waals surface area (Å²) >= 11 is 0. The van der Waals surface area contributed by atoms with Gasteiger partial charge < -0.3 is 4.57 Å². The number of aliphatic imine (C=N–C) groups is 3. The topological polar surface area (TPSA) is 85.6 Å². The van der Waals surface area contributed by atoms with Gasteiger partial charge in [-0.15, -0.1) is 0 Å². The first kappa shape index (κ1) is 47.6. The van der Waals surface area contributed by atoms with Crippen LogP contribution in [0.5, 0.6) is 0 Å². The van der Waals surface area contributed by atoms with Crippen LogP contribution in [0.4, 0.5) is 0 Å². The third kappa shape index (κ3) is 10.7. The van der Waals surface area contributed by atoms with Crippen molar-refractivity contribution in [2.24, 2.45) is 15.0 Å². The predicted octanol–water partition coefficient (Wildman–Crippen LogP) is 15.2. The summed E-state index contributed by atoms with van der Waals surface area (Å²) in [6, 6.07) is 37.3. The number of rotatable bonds is 11. The highest BCUT2D eigenvalue weighted by atomic mass is 15.2. The maximum Gasteiger partial charge on any atom is 0.238 e. The fourth-order valence-electron chi connectivity index (χ4n) is 8.19. The molecule has 2 aliphatic carbocycles. The van der Waals surface area contributed by atoms with Crippen LogP contribution in [0.25, 0.3) is 68.5 Å². The van der Waals surface area contributed by atoms with Crippen molar-refractivity contribution in [1.29, 1.82) is 0 Å². The van der Waals surface area contributed by atoms with Crippen LogP contribution in [-0.4, -0.2) is 43.4 Å². The van der Waals surface area contributed by atoms with Gasteiger partial charge in [-0.05, 0) is 87.7 Å². The van der Waals surface area contributed by atoms with Gasteiger partial charge in [0, 0.05) is 44.8 Å². The average molecular weight is 891 g/mol. The Hall–Kier alpha value is -8.36. The number of nitrogens with zero attached hydrogens (tertiary/aromatic N) is 8. The summed E-state index contributed by atoms with van der Waals surface area (Å²) in [7, 11) is 0. The van der Waals surface area contributed by atoms with Crippen LogP contribution in [0.15, 0.2) is 203 Å². The second kappa shape index (κ2) is 23.7. The maximum atomic E-state index is 5.20. The number of allylic oxidation sites excluding steroid dienone is 14.